The minimum Gasteiger partial charge on any atom is -0.480 e. The Kier molecular flexibility index (Phi) is 4.95. The number of morpholine rings is 1. The van der Waals surface area contributed by atoms with Crippen LogP contribution in [0, 0.1) is 0 Å². The summed E-state index contributed by atoms with van der Waals surface area (Å²) in [5.41, 5.74) is -1.21. The predicted molar refractivity (Wildman–Crippen MR) is 66.5 cm³/mol. The van der Waals surface area contributed by atoms with E-state index in [1.807, 2.05) is 6.92 Å². The van der Waals surface area contributed by atoms with Crippen molar-refractivity contribution in [1.29, 1.82) is 0 Å². The SMILES string of the molecule is CCC1COCCN1C(=O)NC(C)(CC)C(=O)O. The third-order valence-electron chi connectivity index (χ3n) is 3.52. The summed E-state index contributed by atoms with van der Waals surface area (Å²) in [4.78, 5) is 25.0. The van der Waals surface area contributed by atoms with Crippen molar-refractivity contribution in [3.05, 3.63) is 0 Å². The molecule has 0 spiro atoms. The number of nitrogens with zero attached hydrogens (tertiary/aromatic N) is 1. The molecule has 0 aromatic rings. The molecule has 2 atom stereocenters. The van der Waals surface area contributed by atoms with Gasteiger partial charge in [-0.05, 0) is 19.8 Å². The Morgan fingerprint density at radius 3 is 2.67 bits per heavy atom. The number of hydrogen-bond acceptors (Lipinski definition) is 3. The Bertz CT molecular complexity index is 321. The molecule has 2 unspecified atom stereocenters. The van der Waals surface area contributed by atoms with Crippen molar-refractivity contribution in [2.75, 3.05) is 19.8 Å². The lowest BCUT2D eigenvalue weighted by atomic mass is 9.99. The van der Waals surface area contributed by atoms with E-state index in [1.165, 1.54) is 6.92 Å². The second-order valence-corrected chi connectivity index (χ2v) is 4.75. The Morgan fingerprint density at radius 1 is 1.50 bits per heavy atom. The second-order valence-electron chi connectivity index (χ2n) is 4.75. The summed E-state index contributed by atoms with van der Waals surface area (Å²) in [7, 11) is 0. The standard InChI is InChI=1S/C12H22N2O4/c1-4-9-8-18-7-6-14(9)11(17)13-12(3,5-2)10(15)16/h9H,4-8H2,1-3H3,(H,13,17)(H,15,16). The van der Waals surface area contributed by atoms with E-state index in [4.69, 9.17) is 9.84 Å². The van der Waals surface area contributed by atoms with Gasteiger partial charge in [-0.25, -0.2) is 9.59 Å². The lowest BCUT2D eigenvalue weighted by Crippen LogP contribution is -2.59. The number of hydrogen-bond donors (Lipinski definition) is 2. The number of amides is 2. The number of nitrogens with one attached hydrogen (secondary N) is 1. The maximum atomic E-state index is 12.1. The highest BCUT2D eigenvalue weighted by atomic mass is 16.5. The Morgan fingerprint density at radius 2 is 2.17 bits per heavy atom. The number of carbonyl (C=O) groups excluding carboxylic acids is 1. The topological polar surface area (TPSA) is 78.9 Å². The van der Waals surface area contributed by atoms with E-state index < -0.39 is 11.5 Å². The van der Waals surface area contributed by atoms with Gasteiger partial charge in [0.05, 0.1) is 19.3 Å². The fourth-order valence-electron chi connectivity index (χ4n) is 1.86. The molecule has 0 radical (unpaired) electrons. The van der Waals surface area contributed by atoms with Crippen molar-refractivity contribution in [3.8, 4) is 0 Å². The highest BCUT2D eigenvalue weighted by molar-refractivity contribution is 5.86. The molecule has 0 bridgehead atoms. The number of ether oxygens (including phenoxy) is 1. The van der Waals surface area contributed by atoms with Gasteiger partial charge in [0.25, 0.3) is 0 Å². The van der Waals surface area contributed by atoms with E-state index in [2.05, 4.69) is 5.32 Å². The molecule has 2 amide bonds. The third kappa shape index (κ3) is 3.13. The zero-order valence-electron chi connectivity index (χ0n) is 11.2. The van der Waals surface area contributed by atoms with Crippen LogP contribution >= 0.6 is 0 Å². The highest BCUT2D eigenvalue weighted by Crippen LogP contribution is 2.14. The molecule has 1 rings (SSSR count). The van der Waals surface area contributed by atoms with Crippen LogP contribution in [0.2, 0.25) is 0 Å². The molecule has 1 fully saturated rings. The van der Waals surface area contributed by atoms with Crippen molar-refractivity contribution in [2.45, 2.75) is 45.2 Å². The van der Waals surface area contributed by atoms with Crippen LogP contribution in [0.1, 0.15) is 33.6 Å². The molecule has 18 heavy (non-hydrogen) atoms. The number of aliphatic carboxylic acids is 1. The summed E-state index contributed by atoms with van der Waals surface area (Å²) in [6.45, 7) is 6.76. The first-order chi connectivity index (χ1) is 8.44. The van der Waals surface area contributed by atoms with Crippen molar-refractivity contribution < 1.29 is 19.4 Å². The Balaban J connectivity index is 2.71. The summed E-state index contributed by atoms with van der Waals surface area (Å²) in [5, 5.41) is 11.8. The maximum absolute atomic E-state index is 12.1. The first-order valence-electron chi connectivity index (χ1n) is 6.34. The normalized spacial score (nSPS) is 23.3. The molecule has 1 heterocycles. The lowest BCUT2D eigenvalue weighted by Gasteiger charge is -2.37. The molecule has 0 saturated carbocycles. The van der Waals surface area contributed by atoms with Crippen molar-refractivity contribution in [1.82, 2.24) is 10.2 Å². The van der Waals surface area contributed by atoms with Crippen molar-refractivity contribution in [3.63, 3.8) is 0 Å². The van der Waals surface area contributed by atoms with Gasteiger partial charge >= 0.3 is 12.0 Å². The summed E-state index contributed by atoms with van der Waals surface area (Å²) in [6, 6.07) is -0.300. The van der Waals surface area contributed by atoms with Crippen LogP contribution in [0.4, 0.5) is 4.79 Å². The van der Waals surface area contributed by atoms with Gasteiger partial charge in [-0.3, -0.25) is 0 Å². The van der Waals surface area contributed by atoms with E-state index >= 15 is 0 Å². The fraction of sp³-hybridized carbons (Fsp3) is 0.833. The molecule has 104 valence electrons. The lowest BCUT2D eigenvalue weighted by molar-refractivity contribution is -0.144. The molecule has 0 aromatic heterocycles. The van der Waals surface area contributed by atoms with Gasteiger partial charge < -0.3 is 20.1 Å². The van der Waals surface area contributed by atoms with Crippen LogP contribution < -0.4 is 5.32 Å². The number of carboxylic acids is 1. The van der Waals surface area contributed by atoms with Gasteiger partial charge in [0.1, 0.15) is 5.54 Å². The third-order valence-corrected chi connectivity index (χ3v) is 3.52. The number of carbonyl (C=O) groups is 2. The Hall–Kier alpha value is -1.30. The quantitative estimate of drug-likeness (QED) is 0.790. The monoisotopic (exact) mass is 258 g/mol. The molecular formula is C12H22N2O4. The average Bonchev–Trinajstić information content (AvgIpc) is 2.38. The van der Waals surface area contributed by atoms with Crippen LogP contribution in [0.3, 0.4) is 0 Å². The highest BCUT2D eigenvalue weighted by Gasteiger charge is 2.36. The molecule has 1 saturated heterocycles. The second kappa shape index (κ2) is 6.04. The zero-order valence-corrected chi connectivity index (χ0v) is 11.2. The average molecular weight is 258 g/mol. The summed E-state index contributed by atoms with van der Waals surface area (Å²) in [5.74, 6) is -1.01. The largest absolute Gasteiger partial charge is 0.480 e. The van der Waals surface area contributed by atoms with Gasteiger partial charge in [-0.1, -0.05) is 13.8 Å². The summed E-state index contributed by atoms with van der Waals surface area (Å²) in [6.07, 6.45) is 1.14. The molecule has 6 heteroatoms. The Labute approximate surface area is 107 Å². The van der Waals surface area contributed by atoms with E-state index in [9.17, 15) is 9.59 Å². The number of rotatable bonds is 4. The summed E-state index contributed by atoms with van der Waals surface area (Å²) < 4.78 is 5.32. The van der Waals surface area contributed by atoms with Crippen LogP contribution in [-0.2, 0) is 9.53 Å². The smallest absolute Gasteiger partial charge is 0.329 e. The summed E-state index contributed by atoms with van der Waals surface area (Å²) >= 11 is 0. The zero-order chi connectivity index (χ0) is 13.8. The van der Waals surface area contributed by atoms with Gasteiger partial charge in [-0.15, -0.1) is 0 Å². The minimum absolute atomic E-state index is 0.0219. The van der Waals surface area contributed by atoms with Gasteiger partial charge in [0, 0.05) is 6.54 Å². The van der Waals surface area contributed by atoms with E-state index in [1.54, 1.807) is 11.8 Å². The molecule has 0 aromatic carbocycles. The van der Waals surface area contributed by atoms with Gasteiger partial charge in [-0.2, -0.15) is 0 Å². The fourth-order valence-corrected chi connectivity index (χ4v) is 1.86. The van der Waals surface area contributed by atoms with Gasteiger partial charge in [0.2, 0.25) is 0 Å². The molecule has 2 N–H and O–H groups in total. The molecular weight excluding hydrogens is 236 g/mol. The van der Waals surface area contributed by atoms with E-state index in [-0.39, 0.29) is 12.1 Å². The van der Waals surface area contributed by atoms with E-state index in [0.29, 0.717) is 26.2 Å². The number of carboxylic acid groups (broad SMARTS) is 1. The van der Waals surface area contributed by atoms with Gasteiger partial charge in [0.15, 0.2) is 0 Å². The number of urea groups is 1. The van der Waals surface area contributed by atoms with Crippen LogP contribution in [0.15, 0.2) is 0 Å². The molecule has 1 aliphatic rings. The van der Waals surface area contributed by atoms with Crippen LogP contribution in [-0.4, -0.2) is 53.3 Å². The maximum Gasteiger partial charge on any atom is 0.329 e. The van der Waals surface area contributed by atoms with Crippen LogP contribution in [0.25, 0.3) is 0 Å². The molecule has 0 aliphatic carbocycles. The molecule has 1 aliphatic heterocycles. The van der Waals surface area contributed by atoms with Crippen molar-refractivity contribution in [2.24, 2.45) is 0 Å². The van der Waals surface area contributed by atoms with E-state index in [0.717, 1.165) is 6.42 Å². The first-order valence-corrected chi connectivity index (χ1v) is 6.34. The predicted octanol–water partition coefficient (Wildman–Crippen LogP) is 1.06. The molecule has 6 nitrogen and oxygen atoms in total. The first kappa shape index (κ1) is 14.8. The van der Waals surface area contributed by atoms with Crippen molar-refractivity contribution >= 4 is 12.0 Å². The van der Waals surface area contributed by atoms with Crippen LogP contribution in [0.5, 0.6) is 0 Å². The minimum atomic E-state index is -1.21.